The average Bonchev–Trinajstić information content (AvgIpc) is 2.69. The minimum Gasteiger partial charge on any atom is -0.385 e. The van der Waals surface area contributed by atoms with Crippen molar-refractivity contribution in [1.82, 2.24) is 9.88 Å². The molecule has 1 unspecified atom stereocenters. The fourth-order valence-electron chi connectivity index (χ4n) is 3.30. The van der Waals surface area contributed by atoms with Gasteiger partial charge in [0.05, 0.1) is 11.1 Å². The smallest absolute Gasteiger partial charge is 0.0909 e. The second-order valence-electron chi connectivity index (χ2n) is 6.18. The standard InChI is InChI=1S/C18H24N2O/c1-3-20-11-4-9-18(21,10-12-20)16-7-8-17-15(13-16)6-5-14(2)19-17/h5-8,13,21H,3-4,9-12H2,1-2H3. The van der Waals surface area contributed by atoms with Crippen molar-refractivity contribution in [3.63, 3.8) is 0 Å². The van der Waals surface area contributed by atoms with E-state index in [1.165, 1.54) is 0 Å². The molecule has 2 heterocycles. The molecule has 0 aliphatic carbocycles. The Labute approximate surface area is 126 Å². The van der Waals surface area contributed by atoms with Gasteiger partial charge in [-0.15, -0.1) is 0 Å². The molecule has 21 heavy (non-hydrogen) atoms. The molecule has 0 spiro atoms. The first-order chi connectivity index (χ1) is 10.1. The van der Waals surface area contributed by atoms with Gasteiger partial charge in [0.2, 0.25) is 0 Å². The lowest BCUT2D eigenvalue weighted by Crippen LogP contribution is -2.29. The molecule has 1 fully saturated rings. The molecule has 0 bridgehead atoms. The Bertz CT molecular complexity index is 640. The molecule has 112 valence electrons. The van der Waals surface area contributed by atoms with Gasteiger partial charge in [-0.3, -0.25) is 4.98 Å². The van der Waals surface area contributed by atoms with Crippen molar-refractivity contribution in [3.05, 3.63) is 41.6 Å². The molecule has 0 amide bonds. The van der Waals surface area contributed by atoms with E-state index >= 15 is 0 Å². The Hall–Kier alpha value is -1.45. The quantitative estimate of drug-likeness (QED) is 0.919. The number of aromatic nitrogens is 1. The van der Waals surface area contributed by atoms with Crippen LogP contribution in [0.15, 0.2) is 30.3 Å². The molecule has 1 aromatic carbocycles. The molecule has 1 atom stereocenters. The fraction of sp³-hybridized carbons (Fsp3) is 0.500. The van der Waals surface area contributed by atoms with Gasteiger partial charge in [-0.05, 0) is 63.0 Å². The molecular weight excluding hydrogens is 260 g/mol. The van der Waals surface area contributed by atoms with E-state index in [-0.39, 0.29) is 0 Å². The number of fused-ring (bicyclic) bond motifs is 1. The zero-order chi connectivity index (χ0) is 14.9. The van der Waals surface area contributed by atoms with Crippen LogP contribution < -0.4 is 0 Å². The summed E-state index contributed by atoms with van der Waals surface area (Å²) in [6.45, 7) is 7.32. The highest BCUT2D eigenvalue weighted by molar-refractivity contribution is 5.79. The third kappa shape index (κ3) is 2.94. The van der Waals surface area contributed by atoms with E-state index in [0.717, 1.165) is 61.1 Å². The van der Waals surface area contributed by atoms with E-state index in [4.69, 9.17) is 0 Å². The largest absolute Gasteiger partial charge is 0.385 e. The summed E-state index contributed by atoms with van der Waals surface area (Å²) in [5, 5.41) is 12.2. The number of aryl methyl sites for hydroxylation is 1. The lowest BCUT2D eigenvalue weighted by molar-refractivity contribution is 0.0215. The average molecular weight is 284 g/mol. The summed E-state index contributed by atoms with van der Waals surface area (Å²) < 4.78 is 0. The molecule has 1 aliphatic heterocycles. The maximum Gasteiger partial charge on any atom is 0.0909 e. The molecule has 1 aromatic heterocycles. The van der Waals surface area contributed by atoms with Crippen molar-refractivity contribution >= 4 is 10.9 Å². The van der Waals surface area contributed by atoms with Crippen LogP contribution in [0, 0.1) is 6.92 Å². The van der Waals surface area contributed by atoms with Gasteiger partial charge in [0.25, 0.3) is 0 Å². The van der Waals surface area contributed by atoms with Crippen LogP contribution >= 0.6 is 0 Å². The van der Waals surface area contributed by atoms with Crippen molar-refractivity contribution in [2.45, 2.75) is 38.7 Å². The summed E-state index contributed by atoms with van der Waals surface area (Å²) in [6.07, 6.45) is 2.70. The van der Waals surface area contributed by atoms with Gasteiger partial charge in [-0.2, -0.15) is 0 Å². The Kier molecular flexibility index (Phi) is 3.96. The zero-order valence-corrected chi connectivity index (χ0v) is 13.0. The molecule has 2 aromatic rings. The first kappa shape index (κ1) is 14.5. The van der Waals surface area contributed by atoms with Gasteiger partial charge >= 0.3 is 0 Å². The molecule has 3 nitrogen and oxygen atoms in total. The van der Waals surface area contributed by atoms with Gasteiger partial charge in [0, 0.05) is 17.6 Å². The van der Waals surface area contributed by atoms with Crippen LogP contribution in [0.2, 0.25) is 0 Å². The van der Waals surface area contributed by atoms with Crippen molar-refractivity contribution in [1.29, 1.82) is 0 Å². The third-order valence-corrected chi connectivity index (χ3v) is 4.72. The van der Waals surface area contributed by atoms with Crippen molar-refractivity contribution in [2.24, 2.45) is 0 Å². The maximum absolute atomic E-state index is 11.1. The van der Waals surface area contributed by atoms with Gasteiger partial charge in [0.15, 0.2) is 0 Å². The highest BCUT2D eigenvalue weighted by Gasteiger charge is 2.31. The number of rotatable bonds is 2. The molecule has 3 heteroatoms. The zero-order valence-electron chi connectivity index (χ0n) is 13.0. The normalized spacial score (nSPS) is 24.1. The third-order valence-electron chi connectivity index (χ3n) is 4.72. The highest BCUT2D eigenvalue weighted by atomic mass is 16.3. The SMILES string of the molecule is CCN1CCCC(O)(c2ccc3nc(C)ccc3c2)CC1. The fourth-order valence-corrected chi connectivity index (χ4v) is 3.30. The number of benzene rings is 1. The summed E-state index contributed by atoms with van der Waals surface area (Å²) in [5.41, 5.74) is 2.38. The summed E-state index contributed by atoms with van der Waals surface area (Å²) in [7, 11) is 0. The van der Waals surface area contributed by atoms with Crippen LogP contribution in [0.4, 0.5) is 0 Å². The second-order valence-corrected chi connectivity index (χ2v) is 6.18. The molecule has 1 saturated heterocycles. The van der Waals surface area contributed by atoms with Crippen LogP contribution in [0.1, 0.15) is 37.4 Å². The summed E-state index contributed by atoms with van der Waals surface area (Å²) in [6, 6.07) is 10.3. The topological polar surface area (TPSA) is 36.4 Å². The minimum atomic E-state index is -0.691. The van der Waals surface area contributed by atoms with Crippen molar-refractivity contribution in [2.75, 3.05) is 19.6 Å². The molecule has 0 radical (unpaired) electrons. The van der Waals surface area contributed by atoms with E-state index in [0.29, 0.717) is 0 Å². The molecule has 0 saturated carbocycles. The van der Waals surface area contributed by atoms with Crippen molar-refractivity contribution in [3.8, 4) is 0 Å². The predicted octanol–water partition coefficient (Wildman–Crippen LogP) is 3.24. The Morgan fingerprint density at radius 3 is 2.86 bits per heavy atom. The maximum atomic E-state index is 11.1. The van der Waals surface area contributed by atoms with Crippen LogP contribution in [0.3, 0.4) is 0 Å². The van der Waals surface area contributed by atoms with E-state index in [1.807, 2.05) is 19.1 Å². The first-order valence-corrected chi connectivity index (χ1v) is 7.93. The minimum absolute atomic E-state index is 0.691. The highest BCUT2D eigenvalue weighted by Crippen LogP contribution is 2.34. The molecule has 3 rings (SSSR count). The second kappa shape index (κ2) is 5.74. The van der Waals surface area contributed by atoms with Gasteiger partial charge in [-0.1, -0.05) is 19.1 Å². The van der Waals surface area contributed by atoms with Crippen LogP contribution in [-0.4, -0.2) is 34.6 Å². The van der Waals surface area contributed by atoms with E-state index < -0.39 is 5.60 Å². The number of pyridine rings is 1. The van der Waals surface area contributed by atoms with Gasteiger partial charge in [-0.25, -0.2) is 0 Å². The van der Waals surface area contributed by atoms with Crippen LogP contribution in [0.5, 0.6) is 0 Å². The Balaban J connectivity index is 1.93. The first-order valence-electron chi connectivity index (χ1n) is 7.93. The predicted molar refractivity (Wildman–Crippen MR) is 86.3 cm³/mol. The summed E-state index contributed by atoms with van der Waals surface area (Å²) in [4.78, 5) is 6.96. The van der Waals surface area contributed by atoms with Crippen LogP contribution in [-0.2, 0) is 5.60 Å². The summed E-state index contributed by atoms with van der Waals surface area (Å²) >= 11 is 0. The monoisotopic (exact) mass is 284 g/mol. The summed E-state index contributed by atoms with van der Waals surface area (Å²) in [5.74, 6) is 0. The number of hydrogen-bond acceptors (Lipinski definition) is 3. The van der Waals surface area contributed by atoms with E-state index in [2.05, 4.69) is 35.0 Å². The van der Waals surface area contributed by atoms with Crippen molar-refractivity contribution < 1.29 is 5.11 Å². The van der Waals surface area contributed by atoms with Gasteiger partial charge in [0.1, 0.15) is 0 Å². The van der Waals surface area contributed by atoms with E-state index in [1.54, 1.807) is 0 Å². The molecule has 1 N–H and O–H groups in total. The number of likely N-dealkylation sites (tertiary alicyclic amines) is 1. The lowest BCUT2D eigenvalue weighted by Gasteiger charge is -2.27. The van der Waals surface area contributed by atoms with Crippen LogP contribution in [0.25, 0.3) is 10.9 Å². The lowest BCUT2D eigenvalue weighted by atomic mass is 9.86. The Morgan fingerprint density at radius 1 is 1.19 bits per heavy atom. The van der Waals surface area contributed by atoms with Gasteiger partial charge < -0.3 is 10.0 Å². The number of nitrogens with zero attached hydrogens (tertiary/aromatic N) is 2. The molecular formula is C18H24N2O. The molecule has 1 aliphatic rings. The number of aliphatic hydroxyl groups is 1. The van der Waals surface area contributed by atoms with E-state index in [9.17, 15) is 5.11 Å². The Morgan fingerprint density at radius 2 is 2.05 bits per heavy atom. The number of hydrogen-bond donors (Lipinski definition) is 1.